The quantitative estimate of drug-likeness (QED) is 0.710. The minimum Gasteiger partial charge on any atom is -0.497 e. The number of fused-ring (bicyclic) bond motifs is 1. The molecule has 0 N–H and O–H groups in total. The van der Waals surface area contributed by atoms with Gasteiger partial charge in [0.2, 0.25) is 0 Å². The molecule has 0 atom stereocenters. The highest BCUT2D eigenvalue weighted by molar-refractivity contribution is 5.86. The van der Waals surface area contributed by atoms with E-state index in [0.29, 0.717) is 0 Å². The van der Waals surface area contributed by atoms with E-state index in [1.165, 1.54) is 6.08 Å². The second kappa shape index (κ2) is 4.50. The van der Waals surface area contributed by atoms with Crippen molar-refractivity contribution in [3.05, 3.63) is 48.0 Å². The molecule has 2 nitrogen and oxygen atoms in total. The summed E-state index contributed by atoms with van der Waals surface area (Å²) in [6, 6.07) is 14.0. The van der Waals surface area contributed by atoms with Crippen molar-refractivity contribution < 1.29 is 4.74 Å². The summed E-state index contributed by atoms with van der Waals surface area (Å²) in [4.78, 5) is 0. The lowest BCUT2D eigenvalue weighted by Crippen LogP contribution is -1.82. The smallest absolute Gasteiger partial charge is 0.119 e. The van der Waals surface area contributed by atoms with Gasteiger partial charge in [-0.1, -0.05) is 18.2 Å². The molecule has 0 unspecified atom stereocenters. The van der Waals surface area contributed by atoms with Gasteiger partial charge in [0.1, 0.15) is 5.75 Å². The second-order valence-electron chi connectivity index (χ2n) is 3.43. The summed E-state index contributed by atoms with van der Waals surface area (Å²) in [7, 11) is 1.66. The molecular weight excluding hydrogens is 198 g/mol. The minimum absolute atomic E-state index is 0.854. The summed E-state index contributed by atoms with van der Waals surface area (Å²) < 4.78 is 5.16. The molecule has 0 aromatic heterocycles. The van der Waals surface area contributed by atoms with E-state index in [1.54, 1.807) is 13.2 Å². The van der Waals surface area contributed by atoms with Gasteiger partial charge in [-0.25, -0.2) is 0 Å². The topological polar surface area (TPSA) is 33.0 Å². The van der Waals surface area contributed by atoms with E-state index in [-0.39, 0.29) is 0 Å². The molecule has 2 aromatic rings. The van der Waals surface area contributed by atoms with Gasteiger partial charge in [0, 0.05) is 6.08 Å². The Morgan fingerprint density at radius 1 is 1.12 bits per heavy atom. The number of methoxy groups -OCH3 is 1. The lowest BCUT2D eigenvalue weighted by Gasteiger charge is -2.03. The fraction of sp³-hybridized carbons (Fsp3) is 0.0714. The van der Waals surface area contributed by atoms with Gasteiger partial charge in [-0.15, -0.1) is 0 Å². The summed E-state index contributed by atoms with van der Waals surface area (Å²) >= 11 is 0. The summed E-state index contributed by atoms with van der Waals surface area (Å²) in [6.07, 6.45) is 3.27. The molecule has 0 radical (unpaired) electrons. The van der Waals surface area contributed by atoms with Crippen molar-refractivity contribution in [2.75, 3.05) is 7.11 Å². The predicted octanol–water partition coefficient (Wildman–Crippen LogP) is 3.39. The number of rotatable bonds is 2. The summed E-state index contributed by atoms with van der Waals surface area (Å²) in [5, 5.41) is 10.7. The molecule has 2 aromatic carbocycles. The molecule has 0 aliphatic rings. The van der Waals surface area contributed by atoms with Crippen LogP contribution in [0.3, 0.4) is 0 Å². The van der Waals surface area contributed by atoms with Crippen LogP contribution in [-0.2, 0) is 0 Å². The maximum Gasteiger partial charge on any atom is 0.119 e. The van der Waals surface area contributed by atoms with Gasteiger partial charge in [0.05, 0.1) is 13.2 Å². The maximum atomic E-state index is 8.46. The number of hydrogen-bond acceptors (Lipinski definition) is 2. The van der Waals surface area contributed by atoms with E-state index < -0.39 is 0 Å². The monoisotopic (exact) mass is 209 g/mol. The van der Waals surface area contributed by atoms with Crippen LogP contribution in [0, 0.1) is 11.3 Å². The van der Waals surface area contributed by atoms with Gasteiger partial charge < -0.3 is 4.74 Å². The molecule has 0 fully saturated rings. The number of hydrogen-bond donors (Lipinski definition) is 0. The van der Waals surface area contributed by atoms with Crippen LogP contribution in [0.1, 0.15) is 5.56 Å². The third-order valence-corrected chi connectivity index (χ3v) is 2.42. The van der Waals surface area contributed by atoms with E-state index in [2.05, 4.69) is 0 Å². The molecule has 0 saturated heterocycles. The minimum atomic E-state index is 0.854. The predicted molar refractivity (Wildman–Crippen MR) is 65.1 cm³/mol. The van der Waals surface area contributed by atoms with Gasteiger partial charge >= 0.3 is 0 Å². The Kier molecular flexibility index (Phi) is 2.88. The molecule has 0 spiro atoms. The van der Waals surface area contributed by atoms with E-state index in [0.717, 1.165) is 22.1 Å². The number of allylic oxidation sites excluding steroid dienone is 1. The van der Waals surface area contributed by atoms with Crippen LogP contribution >= 0.6 is 0 Å². The first-order valence-corrected chi connectivity index (χ1v) is 4.97. The van der Waals surface area contributed by atoms with Crippen molar-refractivity contribution in [1.82, 2.24) is 0 Å². The lowest BCUT2D eigenvalue weighted by molar-refractivity contribution is 0.415. The Morgan fingerprint density at radius 2 is 1.88 bits per heavy atom. The molecule has 0 bridgehead atoms. The zero-order valence-electron chi connectivity index (χ0n) is 8.97. The van der Waals surface area contributed by atoms with Crippen LogP contribution in [0.2, 0.25) is 0 Å². The molecule has 0 saturated carbocycles. The average Bonchev–Trinajstić information content (AvgIpc) is 2.35. The maximum absolute atomic E-state index is 8.46. The molecule has 0 aliphatic carbocycles. The van der Waals surface area contributed by atoms with Crippen LogP contribution in [0.15, 0.2) is 42.5 Å². The molecule has 2 rings (SSSR count). The largest absolute Gasteiger partial charge is 0.497 e. The van der Waals surface area contributed by atoms with Crippen molar-refractivity contribution in [1.29, 1.82) is 5.26 Å². The summed E-state index contributed by atoms with van der Waals surface area (Å²) in [6.45, 7) is 0. The van der Waals surface area contributed by atoms with Gasteiger partial charge in [0.25, 0.3) is 0 Å². The van der Waals surface area contributed by atoms with Crippen molar-refractivity contribution in [3.63, 3.8) is 0 Å². The normalized spacial score (nSPS) is 10.5. The van der Waals surface area contributed by atoms with Gasteiger partial charge in [-0.05, 0) is 40.6 Å². The standard InChI is InChI=1S/C14H11NO/c1-16-14-7-6-12-9-11(3-2-8-15)4-5-13(12)10-14/h2-7,9-10H,1H3. The molecule has 0 aliphatic heterocycles. The summed E-state index contributed by atoms with van der Waals surface area (Å²) in [5.41, 5.74) is 1.03. The number of benzene rings is 2. The zero-order chi connectivity index (χ0) is 11.4. The van der Waals surface area contributed by atoms with E-state index in [1.807, 2.05) is 42.5 Å². The van der Waals surface area contributed by atoms with Gasteiger partial charge in [-0.2, -0.15) is 5.26 Å². The Bertz CT molecular complexity index is 579. The van der Waals surface area contributed by atoms with E-state index in [9.17, 15) is 0 Å². The fourth-order valence-corrected chi connectivity index (χ4v) is 1.61. The Balaban J connectivity index is 2.48. The van der Waals surface area contributed by atoms with Crippen molar-refractivity contribution in [2.45, 2.75) is 0 Å². The van der Waals surface area contributed by atoms with Crippen molar-refractivity contribution >= 4 is 16.8 Å². The number of ether oxygens (including phenoxy) is 1. The second-order valence-corrected chi connectivity index (χ2v) is 3.43. The Hall–Kier alpha value is -2.27. The molecule has 2 heteroatoms. The average molecular weight is 209 g/mol. The third-order valence-electron chi connectivity index (χ3n) is 2.42. The number of nitrogens with zero attached hydrogens (tertiary/aromatic N) is 1. The molecule has 0 heterocycles. The van der Waals surface area contributed by atoms with E-state index >= 15 is 0 Å². The highest BCUT2D eigenvalue weighted by Gasteiger charge is 1.96. The Morgan fingerprint density at radius 3 is 2.62 bits per heavy atom. The zero-order valence-corrected chi connectivity index (χ0v) is 8.97. The highest BCUT2D eigenvalue weighted by atomic mass is 16.5. The van der Waals surface area contributed by atoms with E-state index in [4.69, 9.17) is 10.00 Å². The van der Waals surface area contributed by atoms with Crippen molar-refractivity contribution in [3.8, 4) is 11.8 Å². The first-order valence-electron chi connectivity index (χ1n) is 4.97. The molecule has 78 valence electrons. The fourth-order valence-electron chi connectivity index (χ4n) is 1.61. The van der Waals surface area contributed by atoms with Crippen molar-refractivity contribution in [2.24, 2.45) is 0 Å². The number of nitriles is 1. The highest BCUT2D eigenvalue weighted by Crippen LogP contribution is 2.22. The summed E-state index contributed by atoms with van der Waals surface area (Å²) in [5.74, 6) is 0.854. The lowest BCUT2D eigenvalue weighted by atomic mass is 10.1. The molecular formula is C14H11NO. The molecule has 16 heavy (non-hydrogen) atoms. The first-order chi connectivity index (χ1) is 7.83. The molecule has 0 amide bonds. The van der Waals surface area contributed by atoms with Crippen LogP contribution in [-0.4, -0.2) is 7.11 Å². The van der Waals surface area contributed by atoms with Gasteiger partial charge in [-0.3, -0.25) is 0 Å². The first kappa shape index (κ1) is 10.3. The van der Waals surface area contributed by atoms with Crippen LogP contribution in [0.5, 0.6) is 5.75 Å². The Labute approximate surface area is 94.4 Å². The van der Waals surface area contributed by atoms with Crippen LogP contribution in [0.25, 0.3) is 16.8 Å². The third kappa shape index (κ3) is 2.04. The van der Waals surface area contributed by atoms with Crippen LogP contribution < -0.4 is 4.74 Å². The SMILES string of the molecule is COc1ccc2cc(C=CC#N)ccc2c1. The van der Waals surface area contributed by atoms with Gasteiger partial charge in [0.15, 0.2) is 0 Å². The van der Waals surface area contributed by atoms with Crippen LogP contribution in [0.4, 0.5) is 0 Å².